The van der Waals surface area contributed by atoms with E-state index in [1.165, 1.54) is 4.90 Å². The number of amides is 1. The van der Waals surface area contributed by atoms with Crippen molar-refractivity contribution >= 4 is 23.1 Å². The van der Waals surface area contributed by atoms with Gasteiger partial charge in [-0.2, -0.15) is 0 Å². The monoisotopic (exact) mass is 471 g/mol. The Labute approximate surface area is 205 Å². The van der Waals surface area contributed by atoms with Gasteiger partial charge in [0.05, 0.1) is 25.3 Å². The first-order chi connectivity index (χ1) is 16.8. The Kier molecular flexibility index (Phi) is 6.65. The van der Waals surface area contributed by atoms with E-state index in [1.54, 1.807) is 25.3 Å². The Hall–Kier alpha value is -4.06. The van der Waals surface area contributed by atoms with Gasteiger partial charge in [0.2, 0.25) is 0 Å². The molecule has 0 saturated carbocycles. The van der Waals surface area contributed by atoms with Crippen molar-refractivity contribution in [3.63, 3.8) is 0 Å². The average Bonchev–Trinajstić information content (AvgIpc) is 3.11. The van der Waals surface area contributed by atoms with Crippen LogP contribution in [0.1, 0.15) is 40.8 Å². The number of carbonyl (C=O) groups is 2. The van der Waals surface area contributed by atoms with Crippen molar-refractivity contribution in [1.82, 2.24) is 0 Å². The molecule has 6 nitrogen and oxygen atoms in total. The van der Waals surface area contributed by atoms with Crippen LogP contribution in [0, 0.1) is 20.8 Å². The van der Waals surface area contributed by atoms with Gasteiger partial charge in [0.15, 0.2) is 0 Å². The summed E-state index contributed by atoms with van der Waals surface area (Å²) in [5.74, 6) is -0.250. The van der Waals surface area contributed by atoms with Crippen LogP contribution in [0.3, 0.4) is 0 Å². The molecule has 0 aromatic heterocycles. The van der Waals surface area contributed by atoms with Crippen molar-refractivity contribution < 1.29 is 24.2 Å². The van der Waals surface area contributed by atoms with E-state index in [9.17, 15) is 14.7 Å². The first-order valence-corrected chi connectivity index (χ1v) is 11.5. The number of anilines is 1. The van der Waals surface area contributed by atoms with Gasteiger partial charge in [0.1, 0.15) is 17.3 Å². The molecule has 180 valence electrons. The number of hydrogen-bond donors (Lipinski definition) is 1. The summed E-state index contributed by atoms with van der Waals surface area (Å²) in [7, 11) is 1.58. The number of hydrogen-bond acceptors (Lipinski definition) is 5. The highest BCUT2D eigenvalue weighted by atomic mass is 16.5. The van der Waals surface area contributed by atoms with Crippen LogP contribution in [-0.4, -0.2) is 30.5 Å². The predicted molar refractivity (Wildman–Crippen MR) is 136 cm³/mol. The standard InChI is InChI=1S/C29H29NO5/c1-6-35-22-13-9-20(10-14-22)26-25(27(31)23-15-19(4)24(34-5)16-18(23)3)28(32)29(33)30(26)21-11-7-17(2)8-12-21/h7-16,26,31H,6H2,1-5H3/b27-25+. The number of aryl methyl sites for hydroxylation is 3. The summed E-state index contributed by atoms with van der Waals surface area (Å²) >= 11 is 0. The van der Waals surface area contributed by atoms with Gasteiger partial charge in [-0.05, 0) is 80.8 Å². The fraction of sp³-hybridized carbons (Fsp3) is 0.241. The van der Waals surface area contributed by atoms with Gasteiger partial charge < -0.3 is 14.6 Å². The lowest BCUT2D eigenvalue weighted by atomic mass is 9.93. The molecule has 1 saturated heterocycles. The summed E-state index contributed by atoms with van der Waals surface area (Å²) in [6.07, 6.45) is 0. The smallest absolute Gasteiger partial charge is 0.300 e. The second-order valence-corrected chi connectivity index (χ2v) is 8.64. The molecule has 6 heteroatoms. The highest BCUT2D eigenvalue weighted by Gasteiger charge is 2.47. The molecule has 3 aromatic carbocycles. The third-order valence-corrected chi connectivity index (χ3v) is 6.26. The molecule has 1 unspecified atom stereocenters. The van der Waals surface area contributed by atoms with Crippen LogP contribution < -0.4 is 14.4 Å². The van der Waals surface area contributed by atoms with Gasteiger partial charge in [-0.15, -0.1) is 0 Å². The number of benzene rings is 3. The Balaban J connectivity index is 1.93. The largest absolute Gasteiger partial charge is 0.507 e. The Morgan fingerprint density at radius 2 is 1.60 bits per heavy atom. The summed E-state index contributed by atoms with van der Waals surface area (Å²) < 4.78 is 11.0. The number of Topliss-reactive ketones (excluding diaryl/α,β-unsaturated/α-hetero) is 1. The number of ketones is 1. The van der Waals surface area contributed by atoms with Crippen LogP contribution in [0.15, 0.2) is 66.2 Å². The van der Waals surface area contributed by atoms with E-state index in [0.717, 1.165) is 16.7 Å². The van der Waals surface area contributed by atoms with Crippen molar-refractivity contribution in [2.75, 3.05) is 18.6 Å². The van der Waals surface area contributed by atoms with E-state index >= 15 is 0 Å². The normalized spacial score (nSPS) is 17.1. The Bertz CT molecular complexity index is 1310. The highest BCUT2D eigenvalue weighted by Crippen LogP contribution is 2.43. The lowest BCUT2D eigenvalue weighted by Gasteiger charge is -2.26. The quantitative estimate of drug-likeness (QED) is 0.286. The highest BCUT2D eigenvalue weighted by molar-refractivity contribution is 6.51. The third-order valence-electron chi connectivity index (χ3n) is 6.26. The van der Waals surface area contributed by atoms with Gasteiger partial charge >= 0.3 is 0 Å². The molecular weight excluding hydrogens is 442 g/mol. The summed E-state index contributed by atoms with van der Waals surface area (Å²) in [5, 5.41) is 11.5. The number of aliphatic hydroxyl groups is 1. The molecule has 1 aliphatic heterocycles. The van der Waals surface area contributed by atoms with Crippen LogP contribution >= 0.6 is 0 Å². The summed E-state index contributed by atoms with van der Waals surface area (Å²) in [4.78, 5) is 28.2. The second kappa shape index (κ2) is 9.66. The molecule has 1 N–H and O–H groups in total. The molecule has 0 radical (unpaired) electrons. The van der Waals surface area contributed by atoms with E-state index < -0.39 is 17.7 Å². The molecule has 35 heavy (non-hydrogen) atoms. The van der Waals surface area contributed by atoms with Gasteiger partial charge in [0, 0.05) is 11.3 Å². The van der Waals surface area contributed by atoms with E-state index in [2.05, 4.69) is 0 Å². The van der Waals surface area contributed by atoms with Gasteiger partial charge in [-0.1, -0.05) is 29.8 Å². The molecule has 1 heterocycles. The maximum absolute atomic E-state index is 13.4. The number of nitrogens with zero attached hydrogens (tertiary/aromatic N) is 1. The molecular formula is C29H29NO5. The molecule has 0 spiro atoms. The molecule has 1 amide bonds. The van der Waals surface area contributed by atoms with Crippen molar-refractivity contribution in [3.8, 4) is 11.5 Å². The second-order valence-electron chi connectivity index (χ2n) is 8.64. The van der Waals surface area contributed by atoms with Crippen molar-refractivity contribution in [2.24, 2.45) is 0 Å². The SMILES string of the molecule is CCOc1ccc(C2/C(=C(\O)c3cc(C)c(OC)cc3C)C(=O)C(=O)N2c2ccc(C)cc2)cc1. The summed E-state index contributed by atoms with van der Waals surface area (Å²) in [5.41, 5.74) is 4.39. The van der Waals surface area contributed by atoms with Crippen LogP contribution in [0.5, 0.6) is 11.5 Å². The zero-order chi connectivity index (χ0) is 25.3. The predicted octanol–water partition coefficient (Wildman–Crippen LogP) is 5.65. The van der Waals surface area contributed by atoms with Gasteiger partial charge in [-0.3, -0.25) is 14.5 Å². The molecule has 1 fully saturated rings. The van der Waals surface area contributed by atoms with Crippen molar-refractivity contribution in [1.29, 1.82) is 0 Å². The van der Waals surface area contributed by atoms with Crippen LogP contribution in [0.2, 0.25) is 0 Å². The summed E-state index contributed by atoms with van der Waals surface area (Å²) in [6, 6.07) is 17.4. The average molecular weight is 472 g/mol. The summed E-state index contributed by atoms with van der Waals surface area (Å²) in [6.45, 7) is 8.08. The van der Waals surface area contributed by atoms with Crippen molar-refractivity contribution in [3.05, 3.63) is 94.1 Å². The maximum atomic E-state index is 13.4. The number of rotatable bonds is 6. The molecule has 0 bridgehead atoms. The molecule has 3 aromatic rings. The van der Waals surface area contributed by atoms with Crippen LogP contribution in [-0.2, 0) is 9.59 Å². The van der Waals surface area contributed by atoms with E-state index in [4.69, 9.17) is 9.47 Å². The zero-order valence-corrected chi connectivity index (χ0v) is 20.6. The maximum Gasteiger partial charge on any atom is 0.300 e. The lowest BCUT2D eigenvalue weighted by Crippen LogP contribution is -2.29. The lowest BCUT2D eigenvalue weighted by molar-refractivity contribution is -0.132. The zero-order valence-electron chi connectivity index (χ0n) is 20.6. The Morgan fingerprint density at radius 3 is 2.20 bits per heavy atom. The van der Waals surface area contributed by atoms with Crippen LogP contribution in [0.4, 0.5) is 5.69 Å². The fourth-order valence-corrected chi connectivity index (χ4v) is 4.44. The van der Waals surface area contributed by atoms with E-state index in [0.29, 0.717) is 34.9 Å². The first-order valence-electron chi connectivity index (χ1n) is 11.5. The topological polar surface area (TPSA) is 76.1 Å². The molecule has 1 atom stereocenters. The molecule has 0 aliphatic carbocycles. The first kappa shape index (κ1) is 24.1. The molecule has 4 rings (SSSR count). The minimum absolute atomic E-state index is 0.0485. The van der Waals surface area contributed by atoms with Crippen LogP contribution in [0.25, 0.3) is 5.76 Å². The number of ether oxygens (including phenoxy) is 2. The van der Waals surface area contributed by atoms with Gasteiger partial charge in [0.25, 0.3) is 11.7 Å². The van der Waals surface area contributed by atoms with Crippen molar-refractivity contribution in [2.45, 2.75) is 33.7 Å². The number of aliphatic hydroxyl groups excluding tert-OH is 1. The van der Waals surface area contributed by atoms with E-state index in [1.807, 2.05) is 70.2 Å². The molecule has 1 aliphatic rings. The fourth-order valence-electron chi connectivity index (χ4n) is 4.44. The Morgan fingerprint density at radius 1 is 0.943 bits per heavy atom. The third kappa shape index (κ3) is 4.39. The number of carbonyl (C=O) groups excluding carboxylic acids is 2. The van der Waals surface area contributed by atoms with E-state index in [-0.39, 0.29) is 11.3 Å². The van der Waals surface area contributed by atoms with Gasteiger partial charge in [-0.25, -0.2) is 0 Å². The minimum atomic E-state index is -0.796. The number of methoxy groups -OCH3 is 1. The minimum Gasteiger partial charge on any atom is -0.507 e.